The van der Waals surface area contributed by atoms with E-state index in [1.54, 1.807) is 12.1 Å². The average molecular weight is 412 g/mol. The summed E-state index contributed by atoms with van der Waals surface area (Å²) in [5.41, 5.74) is 0.474. The number of rotatable bonds is 6. The molecule has 1 aliphatic heterocycles. The molecule has 1 aliphatic rings. The van der Waals surface area contributed by atoms with Crippen molar-refractivity contribution in [2.45, 2.75) is 11.4 Å². The first-order valence-electron chi connectivity index (χ1n) is 8.73. The summed E-state index contributed by atoms with van der Waals surface area (Å²) in [7, 11) is -0.862. The van der Waals surface area contributed by atoms with Gasteiger partial charge in [-0.1, -0.05) is 0 Å². The molecule has 0 aliphatic carbocycles. The molecule has 0 radical (unpaired) electrons. The fourth-order valence-electron chi connectivity index (χ4n) is 3.18. The molecule has 2 aromatic carbocycles. The van der Waals surface area contributed by atoms with E-state index in [1.807, 2.05) is 4.90 Å². The van der Waals surface area contributed by atoms with E-state index in [-0.39, 0.29) is 4.90 Å². The minimum atomic E-state index is -3.59. The van der Waals surface area contributed by atoms with Gasteiger partial charge in [0.2, 0.25) is 10.0 Å². The monoisotopic (exact) mass is 412 g/mol. The molecule has 6 nitrogen and oxygen atoms in total. The maximum atomic E-state index is 13.8. The lowest BCUT2D eigenvalue weighted by Crippen LogP contribution is -2.48. The summed E-state index contributed by atoms with van der Waals surface area (Å²) in [4.78, 5) is 2.17. The van der Waals surface area contributed by atoms with Crippen LogP contribution in [0.5, 0.6) is 11.5 Å². The average Bonchev–Trinajstić information content (AvgIpc) is 2.68. The van der Waals surface area contributed by atoms with Crippen LogP contribution in [0.1, 0.15) is 5.56 Å². The molecule has 152 valence electrons. The fourth-order valence-corrected chi connectivity index (χ4v) is 4.60. The Morgan fingerprint density at radius 3 is 2.00 bits per heavy atom. The van der Waals surface area contributed by atoms with Crippen molar-refractivity contribution >= 4 is 10.0 Å². The number of methoxy groups -OCH3 is 2. The Morgan fingerprint density at radius 1 is 0.929 bits per heavy atom. The largest absolute Gasteiger partial charge is 0.497 e. The molecule has 0 aromatic heterocycles. The van der Waals surface area contributed by atoms with E-state index in [9.17, 15) is 17.2 Å². The van der Waals surface area contributed by atoms with Crippen molar-refractivity contribution in [1.29, 1.82) is 0 Å². The second-order valence-electron chi connectivity index (χ2n) is 6.45. The van der Waals surface area contributed by atoms with E-state index in [2.05, 4.69) is 4.74 Å². The number of ether oxygens (including phenoxy) is 2. The number of nitrogens with zero attached hydrogens (tertiary/aromatic N) is 2. The molecule has 3 rings (SSSR count). The van der Waals surface area contributed by atoms with E-state index < -0.39 is 27.4 Å². The van der Waals surface area contributed by atoms with Gasteiger partial charge in [0.05, 0.1) is 19.1 Å². The maximum Gasteiger partial charge on any atom is 0.243 e. The lowest BCUT2D eigenvalue weighted by atomic mass is 10.1. The van der Waals surface area contributed by atoms with Crippen molar-refractivity contribution < 1.29 is 26.7 Å². The molecule has 0 atom stereocenters. The molecule has 0 spiro atoms. The predicted octanol–water partition coefficient (Wildman–Crippen LogP) is 2.49. The van der Waals surface area contributed by atoms with Crippen molar-refractivity contribution in [2.75, 3.05) is 40.4 Å². The van der Waals surface area contributed by atoms with Crippen molar-refractivity contribution in [1.82, 2.24) is 9.21 Å². The van der Waals surface area contributed by atoms with E-state index in [0.29, 0.717) is 44.0 Å². The second-order valence-corrected chi connectivity index (χ2v) is 8.39. The Labute approximate surface area is 163 Å². The van der Waals surface area contributed by atoms with Crippen LogP contribution in [0.25, 0.3) is 0 Å². The normalized spacial score (nSPS) is 16.1. The summed E-state index contributed by atoms with van der Waals surface area (Å²) < 4.78 is 64.4. The van der Waals surface area contributed by atoms with Crippen LogP contribution >= 0.6 is 0 Å². The molecule has 1 fully saturated rings. The van der Waals surface area contributed by atoms with Crippen LogP contribution in [-0.4, -0.2) is 58.0 Å². The molecule has 1 heterocycles. The zero-order valence-corrected chi connectivity index (χ0v) is 16.5. The van der Waals surface area contributed by atoms with Gasteiger partial charge in [0.15, 0.2) is 17.4 Å². The highest BCUT2D eigenvalue weighted by molar-refractivity contribution is 7.89. The molecule has 1 saturated heterocycles. The molecular formula is C19H22F2N2O4S. The summed E-state index contributed by atoms with van der Waals surface area (Å²) in [5, 5.41) is 0. The van der Waals surface area contributed by atoms with Crippen molar-refractivity contribution in [3.05, 3.63) is 53.6 Å². The predicted molar refractivity (Wildman–Crippen MR) is 99.9 cm³/mol. The van der Waals surface area contributed by atoms with Crippen LogP contribution in [0, 0.1) is 11.6 Å². The van der Waals surface area contributed by atoms with Gasteiger partial charge in [-0.25, -0.2) is 17.2 Å². The Hall–Kier alpha value is -2.23. The van der Waals surface area contributed by atoms with Gasteiger partial charge in [0.1, 0.15) is 5.75 Å². The second kappa shape index (κ2) is 8.42. The number of hydrogen-bond donors (Lipinski definition) is 0. The summed E-state index contributed by atoms with van der Waals surface area (Å²) >= 11 is 0. The molecule has 0 bridgehead atoms. The topological polar surface area (TPSA) is 59.1 Å². The number of piperazine rings is 1. The zero-order valence-electron chi connectivity index (χ0n) is 15.7. The smallest absolute Gasteiger partial charge is 0.243 e. The van der Waals surface area contributed by atoms with Crippen LogP contribution in [0.2, 0.25) is 0 Å². The lowest BCUT2D eigenvalue weighted by molar-refractivity contribution is 0.181. The van der Waals surface area contributed by atoms with Crippen molar-refractivity contribution in [2.24, 2.45) is 0 Å². The van der Waals surface area contributed by atoms with Gasteiger partial charge in [0, 0.05) is 32.7 Å². The Bertz CT molecular complexity index is 904. The molecule has 0 unspecified atom stereocenters. The van der Waals surface area contributed by atoms with Gasteiger partial charge in [-0.15, -0.1) is 0 Å². The number of sulfonamides is 1. The van der Waals surface area contributed by atoms with E-state index >= 15 is 0 Å². The Morgan fingerprint density at radius 2 is 1.50 bits per heavy atom. The van der Waals surface area contributed by atoms with E-state index in [0.717, 1.165) is 0 Å². The van der Waals surface area contributed by atoms with Crippen molar-refractivity contribution in [3.8, 4) is 11.5 Å². The molecular weight excluding hydrogens is 390 g/mol. The van der Waals surface area contributed by atoms with Crippen LogP contribution < -0.4 is 9.47 Å². The summed E-state index contributed by atoms with van der Waals surface area (Å²) in [6, 6.07) is 8.73. The quantitative estimate of drug-likeness (QED) is 0.730. The summed E-state index contributed by atoms with van der Waals surface area (Å²) in [6.45, 7) is 1.86. The van der Waals surface area contributed by atoms with E-state index in [4.69, 9.17) is 4.74 Å². The van der Waals surface area contributed by atoms with Gasteiger partial charge in [-0.3, -0.25) is 4.90 Å². The zero-order chi connectivity index (χ0) is 20.3. The van der Waals surface area contributed by atoms with Crippen LogP contribution in [-0.2, 0) is 16.6 Å². The molecule has 0 saturated carbocycles. The molecule has 9 heteroatoms. The molecule has 2 aromatic rings. The van der Waals surface area contributed by atoms with Crippen LogP contribution in [0.4, 0.5) is 8.78 Å². The molecule has 28 heavy (non-hydrogen) atoms. The first-order valence-corrected chi connectivity index (χ1v) is 10.2. The lowest BCUT2D eigenvalue weighted by Gasteiger charge is -2.34. The van der Waals surface area contributed by atoms with Gasteiger partial charge in [-0.05, 0) is 42.0 Å². The maximum absolute atomic E-state index is 13.8. The Kier molecular flexibility index (Phi) is 6.17. The first-order chi connectivity index (χ1) is 13.3. The molecule has 0 amide bonds. The standard InChI is InChI=1S/C19H22F2N2O4S/c1-26-15-3-5-16(6-4-15)28(24,25)23-9-7-22(8-10-23)13-14-11-17(20)19(27-2)18(21)12-14/h3-6,11-12H,7-10,13H2,1-2H3. The van der Waals surface area contributed by atoms with Gasteiger partial charge >= 0.3 is 0 Å². The minimum absolute atomic E-state index is 0.209. The van der Waals surface area contributed by atoms with Gasteiger partial charge in [0.25, 0.3) is 0 Å². The highest BCUT2D eigenvalue weighted by Gasteiger charge is 2.28. The third-order valence-corrected chi connectivity index (χ3v) is 6.61. The van der Waals surface area contributed by atoms with E-state index in [1.165, 1.54) is 42.8 Å². The number of hydrogen-bond acceptors (Lipinski definition) is 5. The highest BCUT2D eigenvalue weighted by atomic mass is 32.2. The molecule has 0 N–H and O–H groups in total. The SMILES string of the molecule is COc1ccc(S(=O)(=O)N2CCN(Cc3cc(F)c(OC)c(F)c3)CC2)cc1. The number of benzene rings is 2. The summed E-state index contributed by atoms with van der Waals surface area (Å²) in [5.74, 6) is -1.32. The van der Waals surface area contributed by atoms with Crippen LogP contribution in [0.3, 0.4) is 0 Å². The first kappa shape index (κ1) is 20.5. The van der Waals surface area contributed by atoms with Crippen molar-refractivity contribution in [3.63, 3.8) is 0 Å². The fraction of sp³-hybridized carbons (Fsp3) is 0.368. The third kappa shape index (κ3) is 4.26. The highest BCUT2D eigenvalue weighted by Crippen LogP contribution is 2.25. The Balaban J connectivity index is 1.64. The van der Waals surface area contributed by atoms with Gasteiger partial charge < -0.3 is 9.47 Å². The summed E-state index contributed by atoms with van der Waals surface area (Å²) in [6.07, 6.45) is 0. The minimum Gasteiger partial charge on any atom is -0.497 e. The van der Waals surface area contributed by atoms with Crippen LogP contribution in [0.15, 0.2) is 41.3 Å². The third-order valence-electron chi connectivity index (χ3n) is 4.70. The number of halogens is 2. The van der Waals surface area contributed by atoms with Gasteiger partial charge in [-0.2, -0.15) is 4.31 Å².